The lowest BCUT2D eigenvalue weighted by atomic mass is 10.0. The van der Waals surface area contributed by atoms with Crippen molar-refractivity contribution in [2.24, 2.45) is 47.3 Å². The Morgan fingerprint density at radius 3 is 0.669 bits per heavy atom. The molecule has 0 amide bonds. The molecule has 16 nitrogen and oxygen atoms in total. The predicted molar refractivity (Wildman–Crippen MR) is 559 cm³/mol. The van der Waals surface area contributed by atoms with Crippen molar-refractivity contribution >= 4 is 92.7 Å². The molecule has 14 rings (SSSR count). The molecule has 10 heterocycles. The monoisotopic (exact) mass is 1800 g/mol. The van der Waals surface area contributed by atoms with Gasteiger partial charge in [-0.15, -0.1) is 0 Å². The third-order valence-electron chi connectivity index (χ3n) is 22.7. The van der Waals surface area contributed by atoms with Gasteiger partial charge in [-0.3, -0.25) is 0 Å². The SMILES string of the molecule is CC(C)CCOc1cc(OCCC(C)C)cc(-c2c3nc(c(C#CC#CC#CC#CC#CC#CC#CC#Cc4c5nc(c(-c6cc(OCCC(C)C)cc(OCCC(C)C)c6)c6ccc(cc7nc(c(-c8cc(OCCC(C)C)cc(OCCC(C)C)c8)c8ccc4[nH]8)C=C7)[nH]6)C=C5)c4ccc([nH]4)c(-c4cc(OCCC(C)C)cc(OCCC(C)C)c4)c4nc(cc5ccc2[nH]5)C=C4)C=C3)c1. The van der Waals surface area contributed by atoms with Crippen molar-refractivity contribution in [2.75, 3.05) is 52.9 Å². The number of H-pyrrole nitrogens is 4. The van der Waals surface area contributed by atoms with Gasteiger partial charge in [0, 0.05) is 79.6 Å². The average Bonchev–Trinajstić information content (AvgIpc) is 1.66. The second-order valence-electron chi connectivity index (χ2n) is 37.7. The van der Waals surface area contributed by atoms with Gasteiger partial charge < -0.3 is 57.8 Å². The Bertz CT molecular complexity index is 6410. The molecule has 0 fully saturated rings. The molecule has 0 saturated heterocycles. The summed E-state index contributed by atoms with van der Waals surface area (Å²) in [6, 6.07) is 45.1. The van der Waals surface area contributed by atoms with Crippen molar-refractivity contribution in [1.29, 1.82) is 0 Å². The Hall–Kier alpha value is -15.0. The average molecular weight is 1800 g/mol. The first-order valence-corrected chi connectivity index (χ1v) is 47.9. The lowest BCUT2D eigenvalue weighted by molar-refractivity contribution is 0.276. The summed E-state index contributed by atoms with van der Waals surface area (Å²) in [6.07, 6.45) is 23.4. The first-order valence-electron chi connectivity index (χ1n) is 47.9. The minimum atomic E-state index is 0.462. The highest BCUT2D eigenvalue weighted by molar-refractivity contribution is 5.98. The van der Waals surface area contributed by atoms with E-state index >= 15 is 0 Å². The summed E-state index contributed by atoms with van der Waals surface area (Å²) in [5.74, 6) is 56.4. The van der Waals surface area contributed by atoms with Crippen LogP contribution in [0.1, 0.15) is 219 Å². The minimum Gasteiger partial charge on any atom is -0.493 e. The molecule has 136 heavy (non-hydrogen) atoms. The summed E-state index contributed by atoms with van der Waals surface area (Å²) in [6.45, 7) is 39.6. The van der Waals surface area contributed by atoms with Crippen molar-refractivity contribution in [1.82, 2.24) is 39.9 Å². The van der Waals surface area contributed by atoms with Gasteiger partial charge in [-0.2, -0.15) is 0 Å². The predicted octanol–water partition coefficient (Wildman–Crippen LogP) is 27.1. The van der Waals surface area contributed by atoms with Crippen LogP contribution in [0.2, 0.25) is 0 Å². The Kier molecular flexibility index (Phi) is 33.9. The van der Waals surface area contributed by atoms with Crippen LogP contribution in [0, 0.1) is 142 Å². The molecule has 690 valence electrons. The summed E-state index contributed by atoms with van der Waals surface area (Å²) in [4.78, 5) is 36.6. The number of benzene rings is 4. The van der Waals surface area contributed by atoms with Crippen LogP contribution in [-0.2, 0) is 0 Å². The highest BCUT2D eigenvalue weighted by atomic mass is 16.5. The zero-order chi connectivity index (χ0) is 95.4. The van der Waals surface area contributed by atoms with Crippen molar-refractivity contribution < 1.29 is 37.9 Å². The largest absolute Gasteiger partial charge is 0.493 e. The standard InChI is InChI=1S/C120H122N8O8/c1-79(2)49-57-129-95-65-87(66-96(75-95)130-58-50-80(3)4)117-109-37-33-91(121-109)73-92-34-38-110(122-92)118(88-67-97(131-59-51-81(5)6)76-98(68-88)132-60-52-82(7)8)114-46-42-106(126-114)103(105-41-45-113(117)125-105)31-29-27-25-23-21-19-17-18-20-22-24-26-28-30-32-104-107-43-47-115(127-107)119(89-69-99(133-61-53-83(9)10)77-100(70-89)134-62-54-84(11)12)111-39-35-93(123-111)74-94-36-40-112(124-94)120(116-48-44-108(104)128-116)90-71-101(135-63-55-85(13)14)78-102(72-90)136-64-56-86(15)16/h33-48,65-86,121,123,126,128H,49-64H2,1-16H3. The molecule has 0 unspecified atom stereocenters. The highest BCUT2D eigenvalue weighted by Gasteiger charge is 2.24. The normalized spacial score (nSPS) is 11.5. The molecule has 0 saturated carbocycles. The molecule has 16 heteroatoms. The van der Waals surface area contributed by atoms with Crippen LogP contribution in [0.15, 0.2) is 133 Å². The van der Waals surface area contributed by atoms with Crippen LogP contribution in [0.5, 0.6) is 46.0 Å². The number of fused-ring (bicyclic) bond motifs is 16. The van der Waals surface area contributed by atoms with Gasteiger partial charge in [0.2, 0.25) is 0 Å². The maximum Gasteiger partial charge on any atom is 0.123 e. The second kappa shape index (κ2) is 47.5. The number of rotatable bonds is 36. The number of nitrogens with one attached hydrogen (secondary N) is 4. The van der Waals surface area contributed by atoms with E-state index in [1.807, 2.05) is 72.9 Å². The molecule has 0 atom stereocenters. The number of nitrogens with zero attached hydrogens (tertiary/aromatic N) is 4. The fourth-order valence-corrected chi connectivity index (χ4v) is 15.1. The molecule has 4 aromatic carbocycles. The van der Waals surface area contributed by atoms with Crippen molar-refractivity contribution in [3.63, 3.8) is 0 Å². The third kappa shape index (κ3) is 27.8. The molecule has 4 aliphatic rings. The fraction of sp³-hybridized carbons (Fsp3) is 0.333. The molecule has 0 spiro atoms. The molecule has 16 bridgehead atoms. The van der Waals surface area contributed by atoms with Gasteiger partial charge in [0.15, 0.2) is 0 Å². The lowest BCUT2D eigenvalue weighted by Gasteiger charge is -2.14. The topological polar surface area (TPSA) is 189 Å². The van der Waals surface area contributed by atoms with E-state index in [4.69, 9.17) is 57.8 Å². The van der Waals surface area contributed by atoms with Crippen LogP contribution >= 0.6 is 0 Å². The van der Waals surface area contributed by atoms with Crippen molar-refractivity contribution in [3.05, 3.63) is 190 Å². The van der Waals surface area contributed by atoms with Gasteiger partial charge in [-0.05, 0) is 373 Å². The molecule has 0 aliphatic carbocycles. The quantitative estimate of drug-likeness (QED) is 0.0273. The zero-order valence-electron chi connectivity index (χ0n) is 81.3. The van der Waals surface area contributed by atoms with Gasteiger partial charge >= 0.3 is 0 Å². The summed E-state index contributed by atoms with van der Waals surface area (Å²) in [7, 11) is 0. The van der Waals surface area contributed by atoms with E-state index in [1.54, 1.807) is 0 Å². The van der Waals surface area contributed by atoms with E-state index in [-0.39, 0.29) is 0 Å². The van der Waals surface area contributed by atoms with Crippen LogP contribution in [0.3, 0.4) is 0 Å². The molecular weight excluding hydrogens is 1680 g/mol. The molecular formula is C120H122N8O8. The maximum absolute atomic E-state index is 6.51. The Balaban J connectivity index is 0.822. The summed E-state index contributed by atoms with van der Waals surface area (Å²) < 4.78 is 52.1. The first-order chi connectivity index (χ1) is 65.9. The summed E-state index contributed by atoms with van der Waals surface area (Å²) in [5.41, 5.74) is 20.1. The number of hydrogen-bond acceptors (Lipinski definition) is 12. The molecule has 4 aliphatic heterocycles. The van der Waals surface area contributed by atoms with Gasteiger partial charge in [0.1, 0.15) is 46.0 Å². The van der Waals surface area contributed by atoms with Gasteiger partial charge in [0.25, 0.3) is 0 Å². The summed E-state index contributed by atoms with van der Waals surface area (Å²) in [5, 5.41) is 0. The molecule has 6 aromatic heterocycles. The van der Waals surface area contributed by atoms with E-state index in [9.17, 15) is 0 Å². The maximum atomic E-state index is 6.51. The van der Waals surface area contributed by atoms with Crippen LogP contribution in [0.25, 0.3) is 137 Å². The highest BCUT2D eigenvalue weighted by Crippen LogP contribution is 2.43. The zero-order valence-corrected chi connectivity index (χ0v) is 81.3. The number of aromatic nitrogens is 8. The van der Waals surface area contributed by atoms with Crippen molar-refractivity contribution in [2.45, 2.75) is 162 Å². The van der Waals surface area contributed by atoms with Gasteiger partial charge in [-0.25, -0.2) is 19.9 Å². The van der Waals surface area contributed by atoms with Gasteiger partial charge in [0.05, 0.1) is 121 Å². The van der Waals surface area contributed by atoms with Crippen LogP contribution in [0.4, 0.5) is 0 Å². The lowest BCUT2D eigenvalue weighted by Crippen LogP contribution is -2.04. The van der Waals surface area contributed by atoms with E-state index in [1.165, 1.54) is 0 Å². The van der Waals surface area contributed by atoms with Crippen LogP contribution in [-0.4, -0.2) is 92.7 Å². The molecule has 0 radical (unpaired) electrons. The van der Waals surface area contributed by atoms with Crippen LogP contribution < -0.4 is 37.9 Å². The third-order valence-corrected chi connectivity index (χ3v) is 22.7. The number of ether oxygens (including phenoxy) is 8. The number of aromatic amines is 4. The minimum absolute atomic E-state index is 0.462. The van der Waals surface area contributed by atoms with E-state index in [0.717, 1.165) is 152 Å². The van der Waals surface area contributed by atoms with E-state index in [0.29, 0.717) is 191 Å². The van der Waals surface area contributed by atoms with E-state index < -0.39 is 0 Å². The Morgan fingerprint density at radius 2 is 0.419 bits per heavy atom. The van der Waals surface area contributed by atoms with Gasteiger partial charge in [-0.1, -0.05) is 111 Å². The Morgan fingerprint density at radius 1 is 0.213 bits per heavy atom. The van der Waals surface area contributed by atoms with Crippen molar-refractivity contribution in [3.8, 4) is 185 Å². The molecule has 4 N–H and O–H groups in total. The first kappa shape index (κ1) is 97.0. The van der Waals surface area contributed by atoms with E-state index in [2.05, 4.69) is 335 Å². The smallest absolute Gasteiger partial charge is 0.123 e. The Labute approximate surface area is 803 Å². The summed E-state index contributed by atoms with van der Waals surface area (Å²) >= 11 is 0. The number of hydrogen-bond donors (Lipinski definition) is 4. The second-order valence-corrected chi connectivity index (χ2v) is 37.7. The molecule has 10 aromatic rings. The fourth-order valence-electron chi connectivity index (χ4n) is 15.1.